The predicted octanol–water partition coefficient (Wildman–Crippen LogP) is 10.8. The van der Waals surface area contributed by atoms with Crippen molar-refractivity contribution in [3.63, 3.8) is 0 Å². The Hall–Kier alpha value is 0.0113. The van der Waals surface area contributed by atoms with Gasteiger partial charge in [0.1, 0.15) is 0 Å². The molecule has 1 nitrogen and oxygen atoms in total. The van der Waals surface area contributed by atoms with E-state index in [9.17, 15) is 0 Å². The molecule has 0 aliphatic rings. The maximum atomic E-state index is 8.56. The maximum Gasteiger partial charge on any atom is 0.193 e. The second-order valence-corrected chi connectivity index (χ2v) is 51.2. The molecule has 1 aromatic carbocycles. The molecule has 35 heavy (non-hydrogen) atoms. The van der Waals surface area contributed by atoms with Crippen LogP contribution in [0.4, 0.5) is 5.69 Å². The van der Waals surface area contributed by atoms with E-state index >= 15 is 0 Å². The van der Waals surface area contributed by atoms with Crippen LogP contribution in [0.3, 0.4) is 0 Å². The van der Waals surface area contributed by atoms with E-state index in [2.05, 4.69) is 135 Å². The summed E-state index contributed by atoms with van der Waals surface area (Å²) in [5.74, 6) is 0. The van der Waals surface area contributed by atoms with Gasteiger partial charge in [-0.3, -0.25) is 0 Å². The van der Waals surface area contributed by atoms with Gasteiger partial charge in [-0.05, 0) is 26.6 Å². The Labute approximate surface area is 226 Å². The van der Waals surface area contributed by atoms with Crippen molar-refractivity contribution in [2.24, 2.45) is 0 Å². The molecule has 1 aromatic rings. The first-order chi connectivity index (χ1) is 15.1. The Bertz CT molecular complexity index is 840. The molecule has 0 saturated heterocycles. The van der Waals surface area contributed by atoms with Gasteiger partial charge in [0.2, 0.25) is 0 Å². The average Bonchev–Trinajstić information content (AvgIpc) is 2.45. The molecule has 0 bridgehead atoms. The minimum absolute atomic E-state index is 0.602. The lowest BCUT2D eigenvalue weighted by atomic mass is 10.0. The fourth-order valence-electron chi connectivity index (χ4n) is 8.20. The minimum Gasteiger partial charge on any atom is -0.238 e. The largest absolute Gasteiger partial charge is 0.238 e. The second-order valence-electron chi connectivity index (χ2n) is 17.7. The van der Waals surface area contributed by atoms with E-state index in [1.165, 1.54) is 11.1 Å². The molecule has 7 heteroatoms. The van der Waals surface area contributed by atoms with Crippen LogP contribution < -0.4 is 0 Å². The van der Waals surface area contributed by atoms with Crippen LogP contribution in [0, 0.1) is 6.57 Å². The zero-order valence-corrected chi connectivity index (χ0v) is 32.8. The van der Waals surface area contributed by atoms with E-state index in [0.717, 1.165) is 5.69 Å². The fraction of sp³-hybridized carbons (Fsp3) is 0.750. The standard InChI is InChI=1S/C28H59NSi6/c1-29-25-23(27(32(8,9)10)33(11,12)13)20-22(26(30(2,3)4)31(5,6)7)21-24(25)28(34(14,15)16)35(17,18)19/h20-21,26-28H,2-19H3. The number of nitrogens with zero attached hydrogens (tertiary/aromatic N) is 1. The van der Waals surface area contributed by atoms with Gasteiger partial charge in [0.05, 0.1) is 6.57 Å². The van der Waals surface area contributed by atoms with E-state index < -0.39 is 48.4 Å². The van der Waals surface area contributed by atoms with Crippen molar-refractivity contribution < 1.29 is 0 Å². The Kier molecular flexibility index (Phi) is 9.72. The van der Waals surface area contributed by atoms with Crippen molar-refractivity contribution in [2.75, 3.05) is 0 Å². The van der Waals surface area contributed by atoms with Crippen molar-refractivity contribution in [1.82, 2.24) is 0 Å². The highest BCUT2D eigenvalue weighted by Crippen LogP contribution is 2.49. The van der Waals surface area contributed by atoms with Crippen LogP contribution in [0.25, 0.3) is 4.85 Å². The molecule has 0 spiro atoms. The summed E-state index contributed by atoms with van der Waals surface area (Å²) in [6.45, 7) is 54.7. The minimum atomic E-state index is -1.55. The van der Waals surface area contributed by atoms with E-state index in [4.69, 9.17) is 6.57 Å². The van der Waals surface area contributed by atoms with Gasteiger partial charge >= 0.3 is 0 Å². The first-order valence-electron chi connectivity index (χ1n) is 13.7. The highest BCUT2D eigenvalue weighted by molar-refractivity contribution is 6.98. The average molecular weight is 578 g/mol. The topological polar surface area (TPSA) is 4.36 Å². The Morgan fingerprint density at radius 3 is 0.857 bits per heavy atom. The second kappa shape index (κ2) is 10.3. The van der Waals surface area contributed by atoms with Gasteiger partial charge in [0.15, 0.2) is 5.69 Å². The highest BCUT2D eigenvalue weighted by atomic mass is 28.4. The smallest absolute Gasteiger partial charge is 0.193 e. The molecular weight excluding hydrogens is 519 g/mol. The SMILES string of the molecule is [C-]#[N+]c1c(C([Si](C)(C)C)[Si](C)(C)C)cc(C([Si](C)(C)C)[Si](C)(C)C)cc1C([Si](C)(C)C)[Si](C)(C)C. The van der Waals surface area contributed by atoms with Crippen LogP contribution in [-0.2, 0) is 0 Å². The number of hydrogen-bond acceptors (Lipinski definition) is 0. The van der Waals surface area contributed by atoms with Crippen LogP contribution in [0.2, 0.25) is 118 Å². The normalized spacial score (nSPS) is 14.7. The fourth-order valence-corrected chi connectivity index (χ4v) is 46.3. The summed E-state index contributed by atoms with van der Waals surface area (Å²) in [6.07, 6.45) is 0. The van der Waals surface area contributed by atoms with Gasteiger partial charge in [-0.25, -0.2) is 4.85 Å². The zero-order chi connectivity index (χ0) is 28.2. The van der Waals surface area contributed by atoms with Crippen molar-refractivity contribution in [3.8, 4) is 0 Å². The van der Waals surface area contributed by atoms with E-state index in [-0.39, 0.29) is 0 Å². The van der Waals surface area contributed by atoms with Gasteiger partial charge in [0, 0.05) is 48.4 Å². The summed E-state index contributed by atoms with van der Waals surface area (Å²) >= 11 is 0. The molecule has 0 N–H and O–H groups in total. The lowest BCUT2D eigenvalue weighted by molar-refractivity contribution is 1.09. The maximum absolute atomic E-state index is 8.56. The van der Waals surface area contributed by atoms with E-state index in [0.29, 0.717) is 15.5 Å². The molecule has 0 saturated carbocycles. The Morgan fingerprint density at radius 1 is 0.457 bits per heavy atom. The van der Waals surface area contributed by atoms with Crippen LogP contribution >= 0.6 is 0 Å². The predicted molar refractivity (Wildman–Crippen MR) is 181 cm³/mol. The van der Waals surface area contributed by atoms with Crippen molar-refractivity contribution in [1.29, 1.82) is 0 Å². The Balaban J connectivity index is 4.44. The van der Waals surface area contributed by atoms with E-state index in [1.54, 1.807) is 5.56 Å². The van der Waals surface area contributed by atoms with Crippen molar-refractivity contribution in [2.45, 2.75) is 133 Å². The van der Waals surface area contributed by atoms with Gasteiger partial charge in [-0.1, -0.05) is 136 Å². The molecule has 0 heterocycles. The molecule has 0 unspecified atom stereocenters. The van der Waals surface area contributed by atoms with Crippen LogP contribution in [-0.4, -0.2) is 48.4 Å². The number of hydrogen-bond donors (Lipinski definition) is 0. The monoisotopic (exact) mass is 577 g/mol. The van der Waals surface area contributed by atoms with Crippen LogP contribution in [0.5, 0.6) is 0 Å². The molecule has 0 atom stereocenters. The lowest BCUT2D eigenvalue weighted by Crippen LogP contribution is -2.49. The molecular formula is C28H59NSi6. The highest BCUT2D eigenvalue weighted by Gasteiger charge is 2.46. The quantitative estimate of drug-likeness (QED) is 0.203. The summed E-state index contributed by atoms with van der Waals surface area (Å²) in [4.78, 5) is 4.45. The van der Waals surface area contributed by atoms with Crippen LogP contribution in [0.15, 0.2) is 12.1 Å². The first kappa shape index (κ1) is 33.0. The molecule has 0 fully saturated rings. The van der Waals surface area contributed by atoms with Crippen molar-refractivity contribution in [3.05, 3.63) is 40.2 Å². The summed E-state index contributed by atoms with van der Waals surface area (Å²) < 4.78 is 0. The third kappa shape index (κ3) is 8.00. The van der Waals surface area contributed by atoms with E-state index in [1.807, 2.05) is 0 Å². The van der Waals surface area contributed by atoms with Gasteiger partial charge in [0.25, 0.3) is 0 Å². The third-order valence-corrected chi connectivity index (χ3v) is 35.3. The zero-order valence-electron chi connectivity index (χ0n) is 26.8. The third-order valence-electron chi connectivity index (χ3n) is 7.45. The number of benzene rings is 1. The van der Waals surface area contributed by atoms with Gasteiger partial charge < -0.3 is 0 Å². The summed E-state index contributed by atoms with van der Waals surface area (Å²) in [7, 11) is -9.10. The summed E-state index contributed by atoms with van der Waals surface area (Å²) in [6, 6.07) is 5.23. The van der Waals surface area contributed by atoms with Gasteiger partial charge in [-0.2, -0.15) is 0 Å². The van der Waals surface area contributed by atoms with Crippen LogP contribution in [0.1, 0.15) is 32.2 Å². The molecule has 0 aliphatic carbocycles. The molecule has 0 amide bonds. The number of rotatable bonds is 9. The summed E-state index contributed by atoms with van der Waals surface area (Å²) in [5, 5.41) is 1.91. The van der Waals surface area contributed by atoms with Crippen molar-refractivity contribution >= 4 is 54.1 Å². The molecule has 0 aromatic heterocycles. The molecule has 1 rings (SSSR count). The molecule has 0 aliphatic heterocycles. The van der Waals surface area contributed by atoms with Gasteiger partial charge in [-0.15, -0.1) is 0 Å². The summed E-state index contributed by atoms with van der Waals surface area (Å²) in [5.41, 5.74) is 5.62. The first-order valence-corrected chi connectivity index (χ1v) is 35.2. The molecule has 0 radical (unpaired) electrons. The lowest BCUT2D eigenvalue weighted by Gasteiger charge is -2.45. The Morgan fingerprint density at radius 2 is 0.686 bits per heavy atom. The molecule has 200 valence electrons.